The summed E-state index contributed by atoms with van der Waals surface area (Å²) in [6.07, 6.45) is 1.39. The molecule has 0 aliphatic heterocycles. The molecule has 0 amide bonds. The van der Waals surface area contributed by atoms with Gasteiger partial charge in [-0.1, -0.05) is 5.16 Å². The topological polar surface area (TPSA) is 105 Å². The fraction of sp³-hybridized carbons (Fsp3) is 0.833. The van der Waals surface area contributed by atoms with Crippen molar-refractivity contribution < 1.29 is 13.6 Å². The van der Waals surface area contributed by atoms with E-state index in [1.807, 2.05) is 0 Å². The van der Waals surface area contributed by atoms with Gasteiger partial charge >= 0.3 is 0 Å². The molecule has 76 valence electrons. The highest BCUT2D eigenvalue weighted by molar-refractivity contribution is 7.90. The number of nitrogens with one attached hydrogen (secondary N) is 1. The van der Waals surface area contributed by atoms with Crippen molar-refractivity contribution in [2.24, 2.45) is 10.9 Å². The molecule has 0 aromatic heterocycles. The lowest BCUT2D eigenvalue weighted by Gasteiger charge is -2.11. The Hall–Kier alpha value is -0.820. The normalized spacial score (nSPS) is 21.5. The molecule has 1 rings (SSSR count). The van der Waals surface area contributed by atoms with Crippen molar-refractivity contribution in [1.29, 1.82) is 0 Å². The first-order valence-electron chi connectivity index (χ1n) is 3.96. The molecule has 1 aliphatic carbocycles. The lowest BCUT2D eigenvalue weighted by atomic mass is 10.3. The molecule has 0 spiro atoms. The molecule has 1 unspecified atom stereocenters. The highest BCUT2D eigenvalue weighted by Gasteiger charge is 2.36. The summed E-state index contributed by atoms with van der Waals surface area (Å²) in [6.45, 7) is 1.52. The van der Waals surface area contributed by atoms with E-state index >= 15 is 0 Å². The van der Waals surface area contributed by atoms with Gasteiger partial charge in [0.25, 0.3) is 0 Å². The number of oxime groups is 1. The molecule has 13 heavy (non-hydrogen) atoms. The average Bonchev–Trinajstić information content (AvgIpc) is 2.84. The number of nitrogens with zero attached hydrogens (tertiary/aromatic N) is 1. The lowest BCUT2D eigenvalue weighted by Crippen LogP contribution is -2.43. The van der Waals surface area contributed by atoms with E-state index in [1.54, 1.807) is 0 Å². The van der Waals surface area contributed by atoms with Crippen molar-refractivity contribution in [2.75, 3.05) is 0 Å². The fourth-order valence-corrected chi connectivity index (χ4v) is 2.43. The SMILES string of the molecule is CC(NS(=O)(=O)C1CC1)C(N)=NO. The van der Waals surface area contributed by atoms with Crippen molar-refractivity contribution in [3.05, 3.63) is 0 Å². The highest BCUT2D eigenvalue weighted by Crippen LogP contribution is 2.27. The maximum Gasteiger partial charge on any atom is 0.215 e. The molecule has 6 nitrogen and oxygen atoms in total. The molecular weight excluding hydrogens is 194 g/mol. The van der Waals surface area contributed by atoms with Crippen LogP contribution in [0.25, 0.3) is 0 Å². The van der Waals surface area contributed by atoms with Gasteiger partial charge < -0.3 is 10.9 Å². The molecule has 1 atom stereocenters. The van der Waals surface area contributed by atoms with Gasteiger partial charge in [0.1, 0.15) is 0 Å². The lowest BCUT2D eigenvalue weighted by molar-refractivity contribution is 0.316. The molecule has 1 fully saturated rings. The smallest absolute Gasteiger partial charge is 0.215 e. The first kappa shape index (κ1) is 10.3. The second kappa shape index (κ2) is 3.51. The quantitative estimate of drug-likeness (QED) is 0.243. The van der Waals surface area contributed by atoms with Crippen molar-refractivity contribution in [1.82, 2.24) is 4.72 Å². The van der Waals surface area contributed by atoms with Crippen LogP contribution < -0.4 is 10.5 Å². The van der Waals surface area contributed by atoms with E-state index in [-0.39, 0.29) is 11.1 Å². The van der Waals surface area contributed by atoms with E-state index in [0.29, 0.717) is 12.8 Å². The van der Waals surface area contributed by atoms with E-state index in [0.717, 1.165) is 0 Å². The Morgan fingerprint density at radius 2 is 2.23 bits per heavy atom. The first-order valence-corrected chi connectivity index (χ1v) is 5.50. The summed E-state index contributed by atoms with van der Waals surface area (Å²) >= 11 is 0. The Bertz CT molecular complexity index is 307. The molecule has 4 N–H and O–H groups in total. The molecule has 0 heterocycles. The summed E-state index contributed by atoms with van der Waals surface area (Å²) in [6, 6.07) is -0.657. The van der Waals surface area contributed by atoms with Crippen LogP contribution in [0.4, 0.5) is 0 Å². The molecular formula is C6H13N3O3S. The Morgan fingerprint density at radius 1 is 1.69 bits per heavy atom. The van der Waals surface area contributed by atoms with E-state index in [4.69, 9.17) is 10.9 Å². The molecule has 0 saturated heterocycles. The van der Waals surface area contributed by atoms with Gasteiger partial charge in [-0.15, -0.1) is 0 Å². The molecule has 0 bridgehead atoms. The third-order valence-corrected chi connectivity index (χ3v) is 3.89. The van der Waals surface area contributed by atoms with Crippen LogP contribution in [0, 0.1) is 0 Å². The van der Waals surface area contributed by atoms with Crippen molar-refractivity contribution in [3.63, 3.8) is 0 Å². The Labute approximate surface area is 76.9 Å². The Kier molecular flexibility index (Phi) is 2.77. The zero-order valence-electron chi connectivity index (χ0n) is 7.27. The highest BCUT2D eigenvalue weighted by atomic mass is 32.2. The van der Waals surface area contributed by atoms with Gasteiger partial charge in [-0.2, -0.15) is 0 Å². The summed E-state index contributed by atoms with van der Waals surface area (Å²) in [4.78, 5) is 0. The van der Waals surface area contributed by atoms with Gasteiger partial charge in [0.05, 0.1) is 11.3 Å². The maximum atomic E-state index is 11.3. The molecule has 1 aliphatic rings. The van der Waals surface area contributed by atoms with Crippen LogP contribution in [0.2, 0.25) is 0 Å². The molecule has 0 aromatic rings. The van der Waals surface area contributed by atoms with Crippen molar-refractivity contribution in [3.8, 4) is 0 Å². The third kappa shape index (κ3) is 2.56. The van der Waals surface area contributed by atoms with E-state index in [1.165, 1.54) is 6.92 Å². The number of hydrogen-bond donors (Lipinski definition) is 3. The first-order chi connectivity index (χ1) is 5.97. The number of rotatable bonds is 4. The minimum Gasteiger partial charge on any atom is -0.409 e. The fourth-order valence-electron chi connectivity index (χ4n) is 0.868. The molecule has 0 aromatic carbocycles. The van der Waals surface area contributed by atoms with Gasteiger partial charge in [0, 0.05) is 0 Å². The van der Waals surface area contributed by atoms with Crippen LogP contribution in [-0.4, -0.2) is 30.8 Å². The standard InChI is InChI=1S/C6H13N3O3S/c1-4(6(7)8-10)9-13(11,12)5-2-3-5/h4-5,9-10H,2-3H2,1H3,(H2,7,8). The number of amidine groups is 1. The maximum absolute atomic E-state index is 11.3. The van der Waals surface area contributed by atoms with Crippen LogP contribution in [-0.2, 0) is 10.0 Å². The third-order valence-electron chi connectivity index (χ3n) is 1.86. The number of hydrogen-bond acceptors (Lipinski definition) is 4. The summed E-state index contributed by atoms with van der Waals surface area (Å²) in [5.74, 6) is -0.135. The van der Waals surface area contributed by atoms with Gasteiger partial charge in [-0.3, -0.25) is 0 Å². The zero-order chi connectivity index (χ0) is 10.1. The molecule has 7 heteroatoms. The summed E-state index contributed by atoms with van der Waals surface area (Å²) < 4.78 is 25.0. The second-order valence-corrected chi connectivity index (χ2v) is 5.10. The zero-order valence-corrected chi connectivity index (χ0v) is 8.08. The average molecular weight is 207 g/mol. The van der Waals surface area contributed by atoms with Crippen LogP contribution >= 0.6 is 0 Å². The van der Waals surface area contributed by atoms with Crippen molar-refractivity contribution >= 4 is 15.9 Å². The minimum atomic E-state index is -3.26. The predicted octanol–water partition coefficient (Wildman–Crippen LogP) is -0.797. The van der Waals surface area contributed by atoms with E-state index in [2.05, 4.69) is 9.88 Å². The predicted molar refractivity (Wildman–Crippen MR) is 47.9 cm³/mol. The van der Waals surface area contributed by atoms with E-state index < -0.39 is 16.1 Å². The summed E-state index contributed by atoms with van der Waals surface area (Å²) in [7, 11) is -3.26. The van der Waals surface area contributed by atoms with Gasteiger partial charge in [0.15, 0.2) is 5.84 Å². The van der Waals surface area contributed by atoms with Crippen LogP contribution in [0.1, 0.15) is 19.8 Å². The van der Waals surface area contributed by atoms with Crippen LogP contribution in [0.5, 0.6) is 0 Å². The van der Waals surface area contributed by atoms with Gasteiger partial charge in [-0.25, -0.2) is 13.1 Å². The largest absolute Gasteiger partial charge is 0.409 e. The Balaban J connectivity index is 2.57. The second-order valence-electron chi connectivity index (χ2n) is 3.11. The Morgan fingerprint density at radius 3 is 2.62 bits per heavy atom. The number of sulfonamides is 1. The summed E-state index contributed by atoms with van der Waals surface area (Å²) in [5.41, 5.74) is 5.22. The van der Waals surface area contributed by atoms with Crippen molar-refractivity contribution in [2.45, 2.75) is 31.1 Å². The molecule has 1 saturated carbocycles. The minimum absolute atomic E-state index is 0.135. The molecule has 0 radical (unpaired) electrons. The summed E-state index contributed by atoms with van der Waals surface area (Å²) in [5, 5.41) is 10.7. The van der Waals surface area contributed by atoms with Crippen LogP contribution in [0.15, 0.2) is 5.16 Å². The van der Waals surface area contributed by atoms with Crippen LogP contribution in [0.3, 0.4) is 0 Å². The van der Waals surface area contributed by atoms with Gasteiger partial charge in [-0.05, 0) is 19.8 Å². The monoisotopic (exact) mass is 207 g/mol. The van der Waals surface area contributed by atoms with Gasteiger partial charge in [0.2, 0.25) is 10.0 Å². The number of nitrogens with two attached hydrogens (primary N) is 1. The van der Waals surface area contributed by atoms with E-state index in [9.17, 15) is 8.42 Å².